The van der Waals surface area contributed by atoms with Crippen LogP contribution in [0.1, 0.15) is 25.7 Å². The molecule has 1 aromatic rings. The van der Waals surface area contributed by atoms with Crippen molar-refractivity contribution in [1.82, 2.24) is 14.9 Å². The van der Waals surface area contributed by atoms with Gasteiger partial charge in [-0.25, -0.2) is 0 Å². The topological polar surface area (TPSA) is 76.2 Å². The Kier molecular flexibility index (Phi) is 3.60. The van der Waals surface area contributed by atoms with Gasteiger partial charge in [-0.3, -0.25) is 4.57 Å². The zero-order valence-electron chi connectivity index (χ0n) is 11.8. The van der Waals surface area contributed by atoms with Crippen molar-refractivity contribution >= 4 is 11.6 Å². The Labute approximate surface area is 118 Å². The van der Waals surface area contributed by atoms with Crippen LogP contribution in [0.25, 0.3) is 0 Å². The molecule has 0 aliphatic carbocycles. The first-order valence-electron chi connectivity index (χ1n) is 7.31. The number of rotatable bonds is 3. The van der Waals surface area contributed by atoms with Crippen LogP contribution in [-0.4, -0.2) is 40.2 Å². The molecule has 3 rings (SSSR count). The van der Waals surface area contributed by atoms with Gasteiger partial charge in [0.15, 0.2) is 0 Å². The number of piperidine rings is 1. The molecule has 3 heterocycles. The van der Waals surface area contributed by atoms with Gasteiger partial charge >= 0.3 is 5.82 Å². The molecule has 20 heavy (non-hydrogen) atoms. The van der Waals surface area contributed by atoms with Gasteiger partial charge in [-0.1, -0.05) is 0 Å². The minimum Gasteiger partial charge on any atom is -0.358 e. The zero-order valence-corrected chi connectivity index (χ0v) is 11.8. The van der Waals surface area contributed by atoms with Gasteiger partial charge in [-0.05, 0) is 48.1 Å². The second kappa shape index (κ2) is 5.40. The number of nitrogens with zero attached hydrogens (tertiary/aromatic N) is 4. The highest BCUT2D eigenvalue weighted by molar-refractivity contribution is 5.54. The van der Waals surface area contributed by atoms with E-state index in [4.69, 9.17) is 0 Å². The molecule has 2 aliphatic heterocycles. The summed E-state index contributed by atoms with van der Waals surface area (Å²) in [4.78, 5) is 16.8. The molecule has 1 N–H and O–H groups in total. The molecule has 2 aliphatic rings. The van der Waals surface area contributed by atoms with Gasteiger partial charge in [0.2, 0.25) is 12.1 Å². The quantitative estimate of drug-likeness (QED) is 0.666. The molecule has 0 bridgehead atoms. The van der Waals surface area contributed by atoms with Crippen LogP contribution < -0.4 is 10.2 Å². The van der Waals surface area contributed by atoms with Crippen molar-refractivity contribution in [2.24, 2.45) is 13.0 Å². The van der Waals surface area contributed by atoms with Crippen LogP contribution in [0.4, 0.5) is 11.6 Å². The Balaban J connectivity index is 1.79. The van der Waals surface area contributed by atoms with Gasteiger partial charge in [0.25, 0.3) is 0 Å². The van der Waals surface area contributed by atoms with E-state index in [0.717, 1.165) is 26.1 Å². The molecule has 2 saturated heterocycles. The highest BCUT2D eigenvalue weighted by Gasteiger charge is 2.33. The molecule has 110 valence electrons. The first-order chi connectivity index (χ1) is 9.66. The third-order valence-electron chi connectivity index (χ3n) is 4.49. The van der Waals surface area contributed by atoms with E-state index in [0.29, 0.717) is 17.8 Å². The molecule has 0 radical (unpaired) electrons. The molecule has 0 aromatic carbocycles. The van der Waals surface area contributed by atoms with Crippen molar-refractivity contribution in [3.05, 3.63) is 16.4 Å². The van der Waals surface area contributed by atoms with Crippen LogP contribution >= 0.6 is 0 Å². The lowest BCUT2D eigenvalue weighted by Gasteiger charge is -2.36. The van der Waals surface area contributed by atoms with Crippen LogP contribution in [0.2, 0.25) is 0 Å². The van der Waals surface area contributed by atoms with Crippen molar-refractivity contribution in [3.8, 4) is 0 Å². The first kappa shape index (κ1) is 13.4. The molecular formula is C13H21N5O2. The minimum absolute atomic E-state index is 0.0208. The minimum atomic E-state index is -0.382. The van der Waals surface area contributed by atoms with E-state index in [1.807, 2.05) is 7.05 Å². The summed E-state index contributed by atoms with van der Waals surface area (Å²) < 4.78 is 1.77. The third-order valence-corrected chi connectivity index (χ3v) is 4.49. The van der Waals surface area contributed by atoms with E-state index >= 15 is 0 Å². The smallest absolute Gasteiger partial charge is 0.358 e. The number of aromatic nitrogens is 2. The van der Waals surface area contributed by atoms with Crippen molar-refractivity contribution in [2.75, 3.05) is 24.5 Å². The van der Waals surface area contributed by atoms with E-state index < -0.39 is 0 Å². The number of nitro groups is 1. The lowest BCUT2D eigenvalue weighted by atomic mass is 9.90. The van der Waals surface area contributed by atoms with Gasteiger partial charge in [-0.2, -0.15) is 0 Å². The fourth-order valence-electron chi connectivity index (χ4n) is 3.55. The van der Waals surface area contributed by atoms with E-state index in [-0.39, 0.29) is 10.7 Å². The third kappa shape index (κ3) is 2.37. The van der Waals surface area contributed by atoms with Gasteiger partial charge in [-0.15, -0.1) is 0 Å². The second-order valence-electron chi connectivity index (χ2n) is 5.81. The van der Waals surface area contributed by atoms with Crippen LogP contribution in [0, 0.1) is 16.0 Å². The second-order valence-corrected chi connectivity index (χ2v) is 5.81. The lowest BCUT2D eigenvalue weighted by molar-refractivity contribution is -0.388. The fraction of sp³-hybridized carbons (Fsp3) is 0.769. The van der Waals surface area contributed by atoms with E-state index in [1.165, 1.54) is 25.6 Å². The molecule has 0 saturated carbocycles. The predicted octanol–water partition coefficient (Wildman–Crippen LogP) is 1.30. The standard InChI is InChI=1S/C13H21N5O2/c1-16-9-15-12(18(19)20)13(16)17-7-3-4-10(8-17)11-5-2-6-14-11/h9-11,14H,2-8H2,1H3. The van der Waals surface area contributed by atoms with Crippen LogP contribution in [-0.2, 0) is 7.05 Å². The average Bonchev–Trinajstić information content (AvgIpc) is 3.07. The van der Waals surface area contributed by atoms with E-state index in [1.54, 1.807) is 4.57 Å². The Hall–Kier alpha value is -1.63. The molecule has 7 nitrogen and oxygen atoms in total. The number of aryl methyl sites for hydroxylation is 1. The van der Waals surface area contributed by atoms with Crippen molar-refractivity contribution in [2.45, 2.75) is 31.7 Å². The number of hydrogen-bond acceptors (Lipinski definition) is 5. The maximum Gasteiger partial charge on any atom is 0.406 e. The van der Waals surface area contributed by atoms with Gasteiger partial charge in [0.1, 0.15) is 0 Å². The first-order valence-corrected chi connectivity index (χ1v) is 7.31. The van der Waals surface area contributed by atoms with Gasteiger partial charge in [0.05, 0.1) is 0 Å². The zero-order chi connectivity index (χ0) is 14.1. The molecule has 0 amide bonds. The molecular weight excluding hydrogens is 258 g/mol. The normalized spacial score (nSPS) is 26.9. The SMILES string of the molecule is Cn1cnc([N+](=O)[O-])c1N1CCCC(C2CCCN2)C1. The summed E-state index contributed by atoms with van der Waals surface area (Å²) in [5.74, 6) is 1.21. The Morgan fingerprint density at radius 1 is 1.45 bits per heavy atom. The number of hydrogen-bond donors (Lipinski definition) is 1. The highest BCUT2D eigenvalue weighted by Crippen LogP contribution is 2.32. The summed E-state index contributed by atoms with van der Waals surface area (Å²) in [5, 5.41) is 14.7. The summed E-state index contributed by atoms with van der Waals surface area (Å²) in [7, 11) is 1.83. The van der Waals surface area contributed by atoms with Crippen molar-refractivity contribution in [1.29, 1.82) is 0 Å². The molecule has 2 unspecified atom stereocenters. The largest absolute Gasteiger partial charge is 0.406 e. The maximum absolute atomic E-state index is 11.1. The Morgan fingerprint density at radius 2 is 2.30 bits per heavy atom. The highest BCUT2D eigenvalue weighted by atomic mass is 16.6. The lowest BCUT2D eigenvalue weighted by Crippen LogP contribution is -2.44. The van der Waals surface area contributed by atoms with Crippen molar-refractivity contribution < 1.29 is 4.92 Å². The van der Waals surface area contributed by atoms with Crippen LogP contribution in [0.15, 0.2) is 6.33 Å². The predicted molar refractivity (Wildman–Crippen MR) is 75.8 cm³/mol. The van der Waals surface area contributed by atoms with Crippen LogP contribution in [0.5, 0.6) is 0 Å². The maximum atomic E-state index is 11.1. The Bertz CT molecular complexity index is 495. The molecule has 2 atom stereocenters. The monoisotopic (exact) mass is 279 g/mol. The van der Waals surface area contributed by atoms with Crippen LogP contribution in [0.3, 0.4) is 0 Å². The summed E-state index contributed by atoms with van der Waals surface area (Å²) >= 11 is 0. The fourth-order valence-corrected chi connectivity index (χ4v) is 3.55. The number of anilines is 1. The summed E-state index contributed by atoms with van der Waals surface area (Å²) in [6, 6.07) is 0.574. The summed E-state index contributed by atoms with van der Waals surface area (Å²) in [6.07, 6.45) is 6.30. The van der Waals surface area contributed by atoms with Gasteiger partial charge in [0, 0.05) is 26.2 Å². The molecule has 1 aromatic heterocycles. The molecule has 7 heteroatoms. The summed E-state index contributed by atoms with van der Waals surface area (Å²) in [6.45, 7) is 2.87. The van der Waals surface area contributed by atoms with E-state index in [9.17, 15) is 10.1 Å². The molecule has 2 fully saturated rings. The number of imidazole rings is 1. The van der Waals surface area contributed by atoms with Gasteiger partial charge < -0.3 is 20.3 Å². The Morgan fingerprint density at radius 3 is 3.00 bits per heavy atom. The number of nitrogens with one attached hydrogen (secondary N) is 1. The van der Waals surface area contributed by atoms with Crippen molar-refractivity contribution in [3.63, 3.8) is 0 Å². The molecule has 0 spiro atoms. The average molecular weight is 279 g/mol. The van der Waals surface area contributed by atoms with E-state index in [2.05, 4.69) is 15.2 Å². The summed E-state index contributed by atoms with van der Waals surface area (Å²) in [5.41, 5.74) is 0.